The van der Waals surface area contributed by atoms with E-state index in [1.807, 2.05) is 0 Å². The number of benzene rings is 2. The lowest BCUT2D eigenvalue weighted by atomic mass is 9.97. The van der Waals surface area contributed by atoms with Crippen molar-refractivity contribution in [2.24, 2.45) is 0 Å². The number of ether oxygens (including phenoxy) is 3. The fourth-order valence-electron chi connectivity index (χ4n) is 4.10. The van der Waals surface area contributed by atoms with Gasteiger partial charge in [0.1, 0.15) is 22.9 Å². The topological polar surface area (TPSA) is 120 Å². The molecule has 0 radical (unpaired) electrons. The smallest absolute Gasteiger partial charge is 0.417 e. The number of nitrogens with zero attached hydrogens (tertiary/aromatic N) is 3. The normalized spacial score (nSPS) is 11.9. The first-order valence-electron chi connectivity index (χ1n) is 13.7. The molecular formula is C31H39N3O7. The number of imidazole rings is 1. The number of carbonyl (C=O) groups is 3. The van der Waals surface area contributed by atoms with Crippen molar-refractivity contribution in [3.05, 3.63) is 77.9 Å². The van der Waals surface area contributed by atoms with Gasteiger partial charge in [0.15, 0.2) is 0 Å². The van der Waals surface area contributed by atoms with E-state index in [1.54, 1.807) is 76.3 Å². The third-order valence-electron chi connectivity index (χ3n) is 6.20. The van der Waals surface area contributed by atoms with Gasteiger partial charge in [0.05, 0.1) is 18.1 Å². The van der Waals surface area contributed by atoms with Crippen molar-refractivity contribution in [1.29, 1.82) is 0 Å². The van der Waals surface area contributed by atoms with Crippen LogP contribution in [0.25, 0.3) is 0 Å². The van der Waals surface area contributed by atoms with Gasteiger partial charge in [0, 0.05) is 26.0 Å². The average Bonchev–Trinajstić information content (AvgIpc) is 3.41. The number of carboxylic acid groups (broad SMARTS) is 1. The van der Waals surface area contributed by atoms with E-state index in [0.717, 1.165) is 17.4 Å². The summed E-state index contributed by atoms with van der Waals surface area (Å²) < 4.78 is 17.7. The van der Waals surface area contributed by atoms with E-state index in [-0.39, 0.29) is 12.4 Å². The quantitative estimate of drug-likeness (QED) is 0.148. The first-order chi connectivity index (χ1) is 19.5. The van der Waals surface area contributed by atoms with E-state index >= 15 is 0 Å². The van der Waals surface area contributed by atoms with E-state index in [0.29, 0.717) is 29.2 Å². The van der Waals surface area contributed by atoms with Crippen LogP contribution in [0.1, 0.15) is 81.0 Å². The zero-order valence-corrected chi connectivity index (χ0v) is 24.3. The first-order valence-corrected chi connectivity index (χ1v) is 13.7. The van der Waals surface area contributed by atoms with Crippen LogP contribution < -0.4 is 9.47 Å². The van der Waals surface area contributed by atoms with Crippen LogP contribution in [0.15, 0.2) is 60.9 Å². The molecule has 220 valence electrons. The van der Waals surface area contributed by atoms with Crippen LogP contribution in [0.4, 0.5) is 9.59 Å². The van der Waals surface area contributed by atoms with Crippen molar-refractivity contribution in [3.63, 3.8) is 0 Å². The Balaban J connectivity index is 1.71. The summed E-state index contributed by atoms with van der Waals surface area (Å²) in [4.78, 5) is 42.8. The molecule has 3 rings (SSSR count). The molecule has 0 spiro atoms. The van der Waals surface area contributed by atoms with Gasteiger partial charge in [0.2, 0.25) is 0 Å². The third-order valence-corrected chi connectivity index (χ3v) is 6.20. The second-order valence-corrected chi connectivity index (χ2v) is 10.7. The maximum absolute atomic E-state index is 12.7. The summed E-state index contributed by atoms with van der Waals surface area (Å²) in [6.07, 6.45) is 5.47. The second-order valence-electron chi connectivity index (χ2n) is 10.7. The molecule has 10 nitrogen and oxygen atoms in total. The summed E-state index contributed by atoms with van der Waals surface area (Å²) in [6, 6.07) is 13.5. The lowest BCUT2D eigenvalue weighted by molar-refractivity contribution is 0.0292. The maximum atomic E-state index is 12.7. The monoisotopic (exact) mass is 565 g/mol. The van der Waals surface area contributed by atoms with Crippen molar-refractivity contribution in [3.8, 4) is 11.5 Å². The van der Waals surface area contributed by atoms with Crippen LogP contribution in [-0.4, -0.2) is 63.5 Å². The molecule has 3 aromatic rings. The van der Waals surface area contributed by atoms with Crippen LogP contribution in [0, 0.1) is 0 Å². The Labute approximate surface area is 240 Å². The van der Waals surface area contributed by atoms with Crippen LogP contribution in [0.3, 0.4) is 0 Å². The molecule has 1 amide bonds. The highest BCUT2D eigenvalue weighted by Gasteiger charge is 2.27. The van der Waals surface area contributed by atoms with Gasteiger partial charge >= 0.3 is 18.2 Å². The maximum Gasteiger partial charge on any atom is 0.417 e. The van der Waals surface area contributed by atoms with Crippen LogP contribution in [-0.2, 0) is 4.74 Å². The fourth-order valence-corrected chi connectivity index (χ4v) is 4.10. The van der Waals surface area contributed by atoms with Crippen molar-refractivity contribution in [1.82, 2.24) is 14.5 Å². The van der Waals surface area contributed by atoms with Gasteiger partial charge in [-0.05, 0) is 69.2 Å². The number of carbonyl (C=O) groups excluding carboxylic acids is 2. The molecular weight excluding hydrogens is 526 g/mol. The predicted octanol–water partition coefficient (Wildman–Crippen LogP) is 6.59. The minimum Gasteiger partial charge on any atom is -0.494 e. The van der Waals surface area contributed by atoms with Crippen molar-refractivity contribution in [2.75, 3.05) is 20.2 Å². The SMILES string of the molecule is CCCCCCOc1ccc(C(=O)Oc2ccc(C(CN(C)C(=O)OC(C)(C)C)c3nccn3C(=O)O)cc2)cc1. The summed E-state index contributed by atoms with van der Waals surface area (Å²) in [5, 5.41) is 9.64. The van der Waals surface area contributed by atoms with Crippen molar-refractivity contribution in [2.45, 2.75) is 64.9 Å². The number of esters is 1. The molecule has 0 aliphatic heterocycles. The summed E-state index contributed by atoms with van der Waals surface area (Å²) in [5.74, 6) is 0.137. The van der Waals surface area contributed by atoms with Gasteiger partial charge in [-0.2, -0.15) is 0 Å². The van der Waals surface area contributed by atoms with Gasteiger partial charge in [-0.3, -0.25) is 0 Å². The molecule has 1 atom stereocenters. The number of aromatic nitrogens is 2. The fraction of sp³-hybridized carbons (Fsp3) is 0.419. The molecule has 1 N–H and O–H groups in total. The molecule has 0 bridgehead atoms. The number of hydrogen-bond acceptors (Lipinski definition) is 7. The molecule has 1 aromatic heterocycles. The van der Waals surface area contributed by atoms with Crippen LogP contribution in [0.2, 0.25) is 0 Å². The number of likely N-dealkylation sites (N-methyl/N-ethyl adjacent to an activating group) is 1. The lowest BCUT2D eigenvalue weighted by Gasteiger charge is -2.27. The van der Waals surface area contributed by atoms with Crippen LogP contribution in [0.5, 0.6) is 11.5 Å². The molecule has 41 heavy (non-hydrogen) atoms. The first kappa shape index (κ1) is 31.2. The summed E-state index contributed by atoms with van der Waals surface area (Å²) in [6.45, 7) is 8.21. The summed E-state index contributed by atoms with van der Waals surface area (Å²) >= 11 is 0. The number of unbranched alkanes of at least 4 members (excludes halogenated alkanes) is 3. The minimum absolute atomic E-state index is 0.103. The molecule has 0 aliphatic rings. The zero-order valence-electron chi connectivity index (χ0n) is 24.3. The molecule has 10 heteroatoms. The van der Waals surface area contributed by atoms with Crippen molar-refractivity contribution < 1.29 is 33.7 Å². The second kappa shape index (κ2) is 14.3. The highest BCUT2D eigenvalue weighted by atomic mass is 16.6. The minimum atomic E-state index is -1.19. The number of hydrogen-bond donors (Lipinski definition) is 1. The Bertz CT molecular complexity index is 1290. The summed E-state index contributed by atoms with van der Waals surface area (Å²) in [7, 11) is 1.58. The lowest BCUT2D eigenvalue weighted by Crippen LogP contribution is -2.37. The molecule has 0 saturated carbocycles. The molecule has 0 aliphatic carbocycles. The zero-order chi connectivity index (χ0) is 30.0. The predicted molar refractivity (Wildman–Crippen MR) is 154 cm³/mol. The summed E-state index contributed by atoms with van der Waals surface area (Å²) in [5.41, 5.74) is 0.370. The Morgan fingerprint density at radius 1 is 0.976 bits per heavy atom. The van der Waals surface area contributed by atoms with Gasteiger partial charge in [-0.25, -0.2) is 23.9 Å². The van der Waals surface area contributed by atoms with Gasteiger partial charge in [-0.1, -0.05) is 38.3 Å². The van der Waals surface area contributed by atoms with E-state index < -0.39 is 29.7 Å². The molecule has 1 heterocycles. The number of amides is 1. The van der Waals surface area contributed by atoms with E-state index in [9.17, 15) is 19.5 Å². The Morgan fingerprint density at radius 2 is 1.63 bits per heavy atom. The van der Waals surface area contributed by atoms with Gasteiger partial charge in [0.25, 0.3) is 0 Å². The van der Waals surface area contributed by atoms with E-state index in [2.05, 4.69) is 11.9 Å². The highest BCUT2D eigenvalue weighted by Crippen LogP contribution is 2.27. The Morgan fingerprint density at radius 3 is 2.24 bits per heavy atom. The molecule has 0 saturated heterocycles. The largest absolute Gasteiger partial charge is 0.494 e. The molecule has 2 aromatic carbocycles. The van der Waals surface area contributed by atoms with Crippen LogP contribution >= 0.6 is 0 Å². The standard InChI is InChI=1S/C31H39N3O7/c1-6-7-8-9-20-39-24-14-12-23(13-15-24)28(35)40-25-16-10-22(11-17-25)26(27-32-18-19-34(27)29(36)37)21-33(5)30(38)41-31(2,3)4/h10-19,26H,6-9,20-21H2,1-5H3,(H,36,37). The molecule has 1 unspecified atom stereocenters. The average molecular weight is 566 g/mol. The van der Waals surface area contributed by atoms with E-state index in [1.165, 1.54) is 30.1 Å². The molecule has 0 fully saturated rings. The Hall–Kier alpha value is -4.34. The van der Waals surface area contributed by atoms with Gasteiger partial charge < -0.3 is 24.2 Å². The van der Waals surface area contributed by atoms with Crippen molar-refractivity contribution >= 4 is 18.2 Å². The van der Waals surface area contributed by atoms with Gasteiger partial charge in [-0.15, -0.1) is 0 Å². The third kappa shape index (κ3) is 9.37. The highest BCUT2D eigenvalue weighted by molar-refractivity contribution is 5.91. The Kier molecular flexibility index (Phi) is 10.9. The number of rotatable bonds is 12. The van der Waals surface area contributed by atoms with E-state index in [4.69, 9.17) is 14.2 Å².